The lowest BCUT2D eigenvalue weighted by molar-refractivity contribution is 1.23. The summed E-state index contributed by atoms with van der Waals surface area (Å²) < 4.78 is 2.04. The molecular weight excluding hydrogens is 242 g/mol. The van der Waals surface area contributed by atoms with Gasteiger partial charge in [-0.25, -0.2) is 4.98 Å². The lowest BCUT2D eigenvalue weighted by Gasteiger charge is -2.06. The van der Waals surface area contributed by atoms with Crippen LogP contribution in [0, 0.1) is 20.8 Å². The third-order valence-corrected chi connectivity index (χ3v) is 4.07. The molecule has 0 bridgehead atoms. The quantitative estimate of drug-likeness (QED) is 0.724. The topological polar surface area (TPSA) is 43.3 Å². The van der Waals surface area contributed by atoms with Crippen LogP contribution < -0.4 is 5.73 Å². The third-order valence-electron chi connectivity index (χ3n) is 3.24. The van der Waals surface area contributed by atoms with Crippen LogP contribution in [0.3, 0.4) is 0 Å². The van der Waals surface area contributed by atoms with Crippen molar-refractivity contribution < 1.29 is 0 Å². The van der Waals surface area contributed by atoms with Gasteiger partial charge >= 0.3 is 0 Å². The fourth-order valence-corrected chi connectivity index (χ4v) is 3.21. The van der Waals surface area contributed by atoms with Crippen molar-refractivity contribution in [3.8, 4) is 11.3 Å². The molecule has 0 amide bonds. The smallest absolute Gasteiger partial charge is 0.196 e. The van der Waals surface area contributed by atoms with E-state index in [0.717, 1.165) is 22.2 Å². The van der Waals surface area contributed by atoms with Gasteiger partial charge < -0.3 is 5.73 Å². The van der Waals surface area contributed by atoms with Crippen LogP contribution in [0.2, 0.25) is 0 Å². The lowest BCUT2D eigenvalue weighted by Crippen LogP contribution is -1.96. The van der Waals surface area contributed by atoms with E-state index in [-0.39, 0.29) is 0 Å². The molecule has 0 aliphatic rings. The molecule has 0 radical (unpaired) electrons. The molecule has 3 nitrogen and oxygen atoms in total. The van der Waals surface area contributed by atoms with Crippen molar-refractivity contribution in [1.29, 1.82) is 0 Å². The van der Waals surface area contributed by atoms with Gasteiger partial charge in [0, 0.05) is 10.9 Å². The van der Waals surface area contributed by atoms with Crippen molar-refractivity contribution >= 4 is 22.1 Å². The van der Waals surface area contributed by atoms with Crippen LogP contribution in [0.25, 0.3) is 16.2 Å². The van der Waals surface area contributed by atoms with Gasteiger partial charge in [0.2, 0.25) is 0 Å². The maximum Gasteiger partial charge on any atom is 0.196 e. The van der Waals surface area contributed by atoms with Gasteiger partial charge in [-0.05, 0) is 26.3 Å². The number of benzene rings is 1. The van der Waals surface area contributed by atoms with Crippen molar-refractivity contribution in [2.75, 3.05) is 5.73 Å². The average molecular weight is 257 g/mol. The van der Waals surface area contributed by atoms with Crippen LogP contribution in [0.15, 0.2) is 23.6 Å². The Kier molecular flexibility index (Phi) is 2.41. The molecule has 2 N–H and O–H groups in total. The first-order valence-electron chi connectivity index (χ1n) is 5.87. The highest BCUT2D eigenvalue weighted by Gasteiger charge is 2.14. The molecule has 0 aliphatic heterocycles. The number of thiazole rings is 1. The molecule has 0 saturated heterocycles. The molecule has 2 aromatic heterocycles. The van der Waals surface area contributed by atoms with Gasteiger partial charge in [-0.2, -0.15) is 0 Å². The number of nitrogens with zero attached hydrogens (tertiary/aromatic N) is 2. The van der Waals surface area contributed by atoms with Gasteiger partial charge in [0.15, 0.2) is 4.96 Å². The zero-order valence-corrected chi connectivity index (χ0v) is 11.5. The summed E-state index contributed by atoms with van der Waals surface area (Å²) in [7, 11) is 0. The number of anilines is 1. The van der Waals surface area contributed by atoms with Gasteiger partial charge in [0.05, 0.1) is 11.4 Å². The third kappa shape index (κ3) is 1.53. The molecule has 0 saturated carbocycles. The highest BCUT2D eigenvalue weighted by Crippen LogP contribution is 2.31. The predicted octanol–water partition coefficient (Wildman–Crippen LogP) is 3.57. The van der Waals surface area contributed by atoms with Crippen LogP contribution in [0.1, 0.15) is 16.8 Å². The van der Waals surface area contributed by atoms with E-state index in [2.05, 4.69) is 42.4 Å². The molecule has 0 unspecified atom stereocenters. The van der Waals surface area contributed by atoms with Gasteiger partial charge in [0.1, 0.15) is 5.82 Å². The summed E-state index contributed by atoms with van der Waals surface area (Å²) in [6.07, 6.45) is 0. The van der Waals surface area contributed by atoms with E-state index in [1.54, 1.807) is 11.3 Å². The molecule has 3 aromatic rings. The number of nitrogens with two attached hydrogens (primary N) is 1. The summed E-state index contributed by atoms with van der Waals surface area (Å²) in [5.41, 5.74) is 11.9. The zero-order valence-electron chi connectivity index (χ0n) is 10.7. The Hall–Kier alpha value is -1.81. The van der Waals surface area contributed by atoms with E-state index in [9.17, 15) is 0 Å². The standard InChI is InChI=1S/C14H15N3S/c1-8-4-5-11(9(2)6-8)12-7-18-14-16-10(3)13(15)17(12)14/h4-7H,15H2,1-3H3. The summed E-state index contributed by atoms with van der Waals surface area (Å²) >= 11 is 1.63. The predicted molar refractivity (Wildman–Crippen MR) is 77.1 cm³/mol. The molecule has 92 valence electrons. The molecule has 4 heteroatoms. The number of hydrogen-bond acceptors (Lipinski definition) is 3. The first-order valence-corrected chi connectivity index (χ1v) is 6.75. The second-order valence-corrected chi connectivity index (χ2v) is 5.48. The van der Waals surface area contributed by atoms with Crippen molar-refractivity contribution in [1.82, 2.24) is 9.38 Å². The van der Waals surface area contributed by atoms with Gasteiger partial charge in [-0.15, -0.1) is 11.3 Å². The lowest BCUT2D eigenvalue weighted by atomic mass is 10.0. The second kappa shape index (κ2) is 3.85. The van der Waals surface area contributed by atoms with Crippen molar-refractivity contribution in [3.05, 3.63) is 40.4 Å². The summed E-state index contributed by atoms with van der Waals surface area (Å²) in [4.78, 5) is 5.42. The van der Waals surface area contributed by atoms with Gasteiger partial charge in [-0.1, -0.05) is 23.8 Å². The Bertz CT molecular complexity index is 737. The first-order chi connectivity index (χ1) is 8.58. The van der Waals surface area contributed by atoms with E-state index >= 15 is 0 Å². The van der Waals surface area contributed by atoms with E-state index in [0.29, 0.717) is 0 Å². The van der Waals surface area contributed by atoms with Crippen LogP contribution in [0.4, 0.5) is 5.82 Å². The largest absolute Gasteiger partial charge is 0.383 e. The Balaban J connectivity index is 2.31. The summed E-state index contributed by atoms with van der Waals surface area (Å²) in [6, 6.07) is 6.48. The highest BCUT2D eigenvalue weighted by atomic mass is 32.1. The Morgan fingerprint density at radius 2 is 2.00 bits per heavy atom. The summed E-state index contributed by atoms with van der Waals surface area (Å²) in [6.45, 7) is 6.18. The molecule has 1 aromatic carbocycles. The number of rotatable bonds is 1. The van der Waals surface area contributed by atoms with E-state index in [1.807, 2.05) is 11.3 Å². The minimum Gasteiger partial charge on any atom is -0.383 e. The minimum absolute atomic E-state index is 0.737. The Morgan fingerprint density at radius 1 is 1.22 bits per heavy atom. The van der Waals surface area contributed by atoms with Crippen molar-refractivity contribution in [2.24, 2.45) is 0 Å². The second-order valence-electron chi connectivity index (χ2n) is 4.64. The summed E-state index contributed by atoms with van der Waals surface area (Å²) in [5, 5.41) is 2.12. The monoisotopic (exact) mass is 257 g/mol. The molecule has 0 aliphatic carbocycles. The van der Waals surface area contributed by atoms with E-state index in [1.165, 1.54) is 16.7 Å². The summed E-state index contributed by atoms with van der Waals surface area (Å²) in [5.74, 6) is 0.737. The Morgan fingerprint density at radius 3 is 2.72 bits per heavy atom. The molecule has 3 rings (SSSR count). The fourth-order valence-electron chi connectivity index (χ4n) is 2.27. The van der Waals surface area contributed by atoms with Gasteiger partial charge in [0.25, 0.3) is 0 Å². The molecule has 0 spiro atoms. The minimum atomic E-state index is 0.737. The zero-order chi connectivity index (χ0) is 12.9. The van der Waals surface area contributed by atoms with Crippen LogP contribution in [-0.2, 0) is 0 Å². The number of imidazole rings is 1. The molecule has 0 fully saturated rings. The SMILES string of the molecule is Cc1ccc(-c2csc3nc(C)c(N)n23)c(C)c1. The van der Waals surface area contributed by atoms with Crippen molar-refractivity contribution in [2.45, 2.75) is 20.8 Å². The van der Waals surface area contributed by atoms with Crippen molar-refractivity contribution in [3.63, 3.8) is 0 Å². The van der Waals surface area contributed by atoms with Crippen LogP contribution in [-0.4, -0.2) is 9.38 Å². The highest BCUT2D eigenvalue weighted by molar-refractivity contribution is 7.15. The maximum atomic E-state index is 6.11. The number of fused-ring (bicyclic) bond motifs is 1. The molecule has 18 heavy (non-hydrogen) atoms. The number of hydrogen-bond donors (Lipinski definition) is 1. The average Bonchev–Trinajstić information content (AvgIpc) is 2.82. The first kappa shape index (κ1) is 11.3. The normalized spacial score (nSPS) is 11.3. The molecule has 0 atom stereocenters. The maximum absolute atomic E-state index is 6.11. The van der Waals surface area contributed by atoms with Gasteiger partial charge in [-0.3, -0.25) is 4.40 Å². The van der Waals surface area contributed by atoms with E-state index in [4.69, 9.17) is 5.73 Å². The molecular formula is C14H15N3S. The van der Waals surface area contributed by atoms with E-state index < -0.39 is 0 Å². The number of nitrogen functional groups attached to an aromatic ring is 1. The number of aromatic nitrogens is 2. The fraction of sp³-hybridized carbons (Fsp3) is 0.214. The Labute approximate surface area is 110 Å². The van der Waals surface area contributed by atoms with Crippen LogP contribution in [0.5, 0.6) is 0 Å². The number of aryl methyl sites for hydroxylation is 3. The molecule has 2 heterocycles. The van der Waals surface area contributed by atoms with Crippen LogP contribution >= 0.6 is 11.3 Å².